The Kier molecular flexibility index (Phi) is 4.46. The van der Waals surface area contributed by atoms with E-state index in [-0.39, 0.29) is 0 Å². The molecule has 0 amide bonds. The van der Waals surface area contributed by atoms with Crippen LogP contribution in [-0.2, 0) is 4.74 Å². The molecule has 0 aromatic rings. The molecular formula is C8H16N2OS. The molecule has 1 saturated heterocycles. The number of nitrogens with zero attached hydrogens (tertiary/aromatic N) is 1. The molecule has 1 fully saturated rings. The molecule has 1 unspecified atom stereocenters. The highest BCUT2D eigenvalue weighted by Gasteiger charge is 2.11. The minimum atomic E-state index is 0.576. The third-order valence-corrected chi connectivity index (χ3v) is 2.67. The Labute approximate surface area is 78.0 Å². The fourth-order valence-corrected chi connectivity index (χ4v) is 2.12. The molecule has 4 heteroatoms. The smallest absolute Gasteiger partial charge is 0.156 e. The maximum atomic E-state index is 4.92. The van der Waals surface area contributed by atoms with Crippen LogP contribution in [-0.4, -0.2) is 37.2 Å². The zero-order chi connectivity index (χ0) is 8.81. The molecular weight excluding hydrogens is 172 g/mol. The van der Waals surface area contributed by atoms with Gasteiger partial charge in [-0.3, -0.25) is 4.99 Å². The average Bonchev–Trinajstić information content (AvgIpc) is 2.05. The van der Waals surface area contributed by atoms with Gasteiger partial charge in [-0.1, -0.05) is 11.8 Å². The van der Waals surface area contributed by atoms with Crippen LogP contribution in [0.15, 0.2) is 4.99 Å². The summed E-state index contributed by atoms with van der Waals surface area (Å²) < 4.78 is 4.92. The van der Waals surface area contributed by atoms with Crippen LogP contribution in [0.4, 0.5) is 0 Å². The highest BCUT2D eigenvalue weighted by atomic mass is 32.2. The summed E-state index contributed by atoms with van der Waals surface area (Å²) in [5.41, 5.74) is 0. The lowest BCUT2D eigenvalue weighted by Crippen LogP contribution is -2.35. The van der Waals surface area contributed by atoms with Gasteiger partial charge in [0.2, 0.25) is 0 Å². The van der Waals surface area contributed by atoms with Crippen molar-refractivity contribution in [1.29, 1.82) is 0 Å². The summed E-state index contributed by atoms with van der Waals surface area (Å²) in [6.07, 6.45) is 1.23. The van der Waals surface area contributed by atoms with Crippen LogP contribution in [0.25, 0.3) is 0 Å². The fourth-order valence-electron chi connectivity index (χ4n) is 0.987. The van der Waals surface area contributed by atoms with Crippen LogP contribution in [0.1, 0.15) is 13.3 Å². The van der Waals surface area contributed by atoms with Gasteiger partial charge >= 0.3 is 0 Å². The zero-order valence-electron chi connectivity index (χ0n) is 7.67. The highest BCUT2D eigenvalue weighted by Crippen LogP contribution is 2.12. The first-order valence-electron chi connectivity index (χ1n) is 4.25. The lowest BCUT2D eigenvalue weighted by molar-refractivity contribution is 0.208. The van der Waals surface area contributed by atoms with Crippen LogP contribution >= 0.6 is 11.8 Å². The molecule has 1 heterocycles. The molecule has 0 radical (unpaired) electrons. The van der Waals surface area contributed by atoms with Gasteiger partial charge < -0.3 is 10.1 Å². The van der Waals surface area contributed by atoms with Crippen molar-refractivity contribution in [3.63, 3.8) is 0 Å². The SMILES string of the molecule is COCCN=C1NC(C)CCS1. The number of ether oxygens (including phenoxy) is 1. The summed E-state index contributed by atoms with van der Waals surface area (Å²) in [6, 6.07) is 0.576. The van der Waals surface area contributed by atoms with Crippen LogP contribution < -0.4 is 5.32 Å². The number of rotatable bonds is 3. The third kappa shape index (κ3) is 3.45. The van der Waals surface area contributed by atoms with E-state index in [1.807, 2.05) is 0 Å². The normalized spacial score (nSPS) is 27.2. The third-order valence-electron chi connectivity index (χ3n) is 1.71. The van der Waals surface area contributed by atoms with Gasteiger partial charge in [0, 0.05) is 18.9 Å². The van der Waals surface area contributed by atoms with Crippen molar-refractivity contribution < 1.29 is 4.74 Å². The molecule has 1 atom stereocenters. The Morgan fingerprint density at radius 3 is 3.25 bits per heavy atom. The molecule has 0 spiro atoms. The summed E-state index contributed by atoms with van der Waals surface area (Å²) in [4.78, 5) is 4.37. The number of thioether (sulfide) groups is 1. The second kappa shape index (κ2) is 5.43. The quantitative estimate of drug-likeness (QED) is 0.673. The standard InChI is InChI=1S/C8H16N2OS/c1-7-3-6-12-8(10-7)9-4-5-11-2/h7H,3-6H2,1-2H3,(H,9,10). The lowest BCUT2D eigenvalue weighted by Gasteiger charge is -2.21. The van der Waals surface area contributed by atoms with Crippen molar-refractivity contribution in [3.05, 3.63) is 0 Å². The Morgan fingerprint density at radius 2 is 2.58 bits per heavy atom. The topological polar surface area (TPSA) is 33.6 Å². The van der Waals surface area contributed by atoms with E-state index < -0.39 is 0 Å². The molecule has 0 aromatic carbocycles. The average molecular weight is 188 g/mol. The molecule has 1 aliphatic rings. The Morgan fingerprint density at radius 1 is 1.75 bits per heavy atom. The summed E-state index contributed by atoms with van der Waals surface area (Å²) in [6.45, 7) is 3.66. The largest absolute Gasteiger partial charge is 0.383 e. The zero-order valence-corrected chi connectivity index (χ0v) is 8.49. The van der Waals surface area contributed by atoms with Gasteiger partial charge in [-0.15, -0.1) is 0 Å². The number of hydrogen-bond donors (Lipinski definition) is 1. The number of aliphatic imine (C=N–C) groups is 1. The van der Waals surface area contributed by atoms with Crippen molar-refractivity contribution >= 4 is 16.9 Å². The van der Waals surface area contributed by atoms with E-state index >= 15 is 0 Å². The van der Waals surface area contributed by atoms with E-state index in [2.05, 4.69) is 17.2 Å². The van der Waals surface area contributed by atoms with Gasteiger partial charge in [0.15, 0.2) is 5.17 Å². The monoisotopic (exact) mass is 188 g/mol. The Balaban J connectivity index is 2.25. The molecule has 0 aliphatic carbocycles. The second-order valence-corrected chi connectivity index (χ2v) is 3.95. The number of hydrogen-bond acceptors (Lipinski definition) is 3. The van der Waals surface area contributed by atoms with Gasteiger partial charge in [-0.25, -0.2) is 0 Å². The first-order chi connectivity index (χ1) is 5.83. The van der Waals surface area contributed by atoms with Crippen molar-refractivity contribution in [1.82, 2.24) is 5.32 Å². The maximum absolute atomic E-state index is 4.92. The number of nitrogens with one attached hydrogen (secondary N) is 1. The molecule has 0 aromatic heterocycles. The van der Waals surface area contributed by atoms with Crippen molar-refractivity contribution in [3.8, 4) is 0 Å². The summed E-state index contributed by atoms with van der Waals surface area (Å²) in [5, 5.41) is 4.41. The van der Waals surface area contributed by atoms with E-state index in [0.717, 1.165) is 11.7 Å². The highest BCUT2D eigenvalue weighted by molar-refractivity contribution is 8.13. The predicted molar refractivity (Wildman–Crippen MR) is 53.9 cm³/mol. The fraction of sp³-hybridized carbons (Fsp3) is 0.875. The van der Waals surface area contributed by atoms with E-state index in [0.29, 0.717) is 12.6 Å². The number of methoxy groups -OCH3 is 1. The van der Waals surface area contributed by atoms with Crippen LogP contribution in [0.3, 0.4) is 0 Å². The molecule has 1 rings (SSSR count). The van der Waals surface area contributed by atoms with Crippen molar-refractivity contribution in [2.45, 2.75) is 19.4 Å². The summed E-state index contributed by atoms with van der Waals surface area (Å²) in [7, 11) is 1.70. The summed E-state index contributed by atoms with van der Waals surface area (Å²) >= 11 is 1.80. The minimum Gasteiger partial charge on any atom is -0.383 e. The van der Waals surface area contributed by atoms with Gasteiger partial charge in [-0.05, 0) is 13.3 Å². The van der Waals surface area contributed by atoms with E-state index in [1.54, 1.807) is 18.9 Å². The van der Waals surface area contributed by atoms with E-state index in [1.165, 1.54) is 12.2 Å². The van der Waals surface area contributed by atoms with Crippen LogP contribution in [0.5, 0.6) is 0 Å². The lowest BCUT2D eigenvalue weighted by atomic mass is 10.3. The Bertz CT molecular complexity index is 161. The maximum Gasteiger partial charge on any atom is 0.156 e. The van der Waals surface area contributed by atoms with Gasteiger partial charge in [0.05, 0.1) is 13.2 Å². The number of amidine groups is 1. The minimum absolute atomic E-state index is 0.576. The van der Waals surface area contributed by atoms with Crippen molar-refractivity contribution in [2.24, 2.45) is 4.99 Å². The Hall–Kier alpha value is -0.220. The van der Waals surface area contributed by atoms with Gasteiger partial charge in [0.1, 0.15) is 0 Å². The molecule has 12 heavy (non-hydrogen) atoms. The molecule has 0 saturated carbocycles. The first kappa shape index (κ1) is 9.86. The van der Waals surface area contributed by atoms with Crippen LogP contribution in [0, 0.1) is 0 Å². The van der Waals surface area contributed by atoms with Gasteiger partial charge in [-0.2, -0.15) is 0 Å². The van der Waals surface area contributed by atoms with E-state index in [9.17, 15) is 0 Å². The van der Waals surface area contributed by atoms with Crippen LogP contribution in [0.2, 0.25) is 0 Å². The second-order valence-electron chi connectivity index (χ2n) is 2.86. The van der Waals surface area contributed by atoms with E-state index in [4.69, 9.17) is 4.74 Å². The molecule has 0 bridgehead atoms. The molecule has 1 aliphatic heterocycles. The molecule has 70 valence electrons. The summed E-state index contributed by atoms with van der Waals surface area (Å²) in [5.74, 6) is 1.18. The van der Waals surface area contributed by atoms with Gasteiger partial charge in [0.25, 0.3) is 0 Å². The first-order valence-corrected chi connectivity index (χ1v) is 5.24. The molecule has 1 N–H and O–H groups in total. The predicted octanol–water partition coefficient (Wildman–Crippen LogP) is 1.10. The molecule has 3 nitrogen and oxygen atoms in total. The van der Waals surface area contributed by atoms with Crippen molar-refractivity contribution in [2.75, 3.05) is 26.0 Å².